The van der Waals surface area contributed by atoms with Crippen molar-refractivity contribution in [2.24, 2.45) is 0 Å². The van der Waals surface area contributed by atoms with E-state index in [4.69, 9.17) is 0 Å². The minimum atomic E-state index is -1.76. The summed E-state index contributed by atoms with van der Waals surface area (Å²) in [5.74, 6) is 0. The largest absolute Gasteiger partial charge is 0.0722 e. The second kappa shape index (κ2) is 6.74. The van der Waals surface area contributed by atoms with Crippen LogP contribution in [0.25, 0.3) is 11.1 Å². The van der Waals surface area contributed by atoms with Crippen LogP contribution in [0.1, 0.15) is 56.9 Å². The SMILES string of the molecule is CC1=C(C)C([Si](C)(C)C2C(c3ccccc3)=C(C)c3ccccc32)C(C)=C1C. The summed E-state index contributed by atoms with van der Waals surface area (Å²) in [5.41, 5.74) is 14.9. The molecule has 144 valence electrons. The first-order chi connectivity index (χ1) is 13.3. The van der Waals surface area contributed by atoms with Crippen LogP contribution in [0.4, 0.5) is 0 Å². The topological polar surface area (TPSA) is 0 Å². The average molecular weight is 385 g/mol. The van der Waals surface area contributed by atoms with Crippen molar-refractivity contribution in [3.05, 3.63) is 93.6 Å². The molecule has 0 nitrogen and oxygen atoms in total. The lowest BCUT2D eigenvalue weighted by Gasteiger charge is -2.40. The van der Waals surface area contributed by atoms with Gasteiger partial charge in [-0.15, -0.1) is 0 Å². The summed E-state index contributed by atoms with van der Waals surface area (Å²) in [6, 6.07) is 20.3. The van der Waals surface area contributed by atoms with Crippen molar-refractivity contribution in [1.82, 2.24) is 0 Å². The van der Waals surface area contributed by atoms with Crippen molar-refractivity contribution >= 4 is 19.2 Å². The highest BCUT2D eigenvalue weighted by atomic mass is 28.3. The van der Waals surface area contributed by atoms with Gasteiger partial charge in [0, 0.05) is 5.54 Å². The van der Waals surface area contributed by atoms with Crippen LogP contribution in [0, 0.1) is 0 Å². The fraction of sp³-hybridized carbons (Fsp3) is 0.333. The van der Waals surface area contributed by atoms with Crippen molar-refractivity contribution in [2.45, 2.75) is 58.8 Å². The van der Waals surface area contributed by atoms with Gasteiger partial charge in [-0.1, -0.05) is 78.8 Å². The van der Waals surface area contributed by atoms with Gasteiger partial charge in [0.05, 0.1) is 8.07 Å². The van der Waals surface area contributed by atoms with E-state index in [1.807, 2.05) is 0 Å². The lowest BCUT2D eigenvalue weighted by molar-refractivity contribution is 1.01. The van der Waals surface area contributed by atoms with E-state index in [0.29, 0.717) is 11.1 Å². The predicted molar refractivity (Wildman–Crippen MR) is 126 cm³/mol. The lowest BCUT2D eigenvalue weighted by Crippen LogP contribution is -2.41. The predicted octanol–water partition coefficient (Wildman–Crippen LogP) is 8.02. The van der Waals surface area contributed by atoms with E-state index in [1.165, 1.54) is 27.8 Å². The molecule has 0 aliphatic heterocycles. The quantitative estimate of drug-likeness (QED) is 0.470. The first-order valence-electron chi connectivity index (χ1n) is 10.5. The Bertz CT molecular complexity index is 1010. The molecule has 0 N–H and O–H groups in total. The van der Waals surface area contributed by atoms with Crippen LogP contribution in [0.3, 0.4) is 0 Å². The zero-order valence-corrected chi connectivity index (χ0v) is 19.4. The molecule has 0 amide bonds. The zero-order chi connectivity index (χ0) is 20.2. The molecule has 1 heteroatoms. The molecule has 0 fully saturated rings. The molecule has 0 aromatic heterocycles. The van der Waals surface area contributed by atoms with Gasteiger partial charge in [0.1, 0.15) is 0 Å². The molecule has 0 saturated heterocycles. The third-order valence-corrected chi connectivity index (χ3v) is 12.0. The number of rotatable bonds is 3. The second-order valence-corrected chi connectivity index (χ2v) is 14.1. The maximum Gasteiger partial charge on any atom is 0.0722 e. The Morgan fingerprint density at radius 2 is 1.14 bits per heavy atom. The van der Waals surface area contributed by atoms with Crippen LogP contribution in [0.15, 0.2) is 76.9 Å². The minimum Gasteiger partial charge on any atom is -0.0679 e. The molecular formula is C27H32Si. The van der Waals surface area contributed by atoms with E-state index in [-0.39, 0.29) is 0 Å². The van der Waals surface area contributed by atoms with Crippen LogP contribution >= 0.6 is 0 Å². The molecule has 1 atom stereocenters. The minimum absolute atomic E-state index is 0.527. The van der Waals surface area contributed by atoms with Gasteiger partial charge in [0.15, 0.2) is 0 Å². The highest BCUT2D eigenvalue weighted by Gasteiger charge is 2.48. The third-order valence-electron chi connectivity index (χ3n) is 7.55. The number of allylic oxidation sites excluding steroid dienone is 6. The molecular weight excluding hydrogens is 352 g/mol. The summed E-state index contributed by atoms with van der Waals surface area (Å²) in [4.78, 5) is 0. The summed E-state index contributed by atoms with van der Waals surface area (Å²) in [6.07, 6.45) is 0. The van der Waals surface area contributed by atoms with E-state index < -0.39 is 8.07 Å². The summed E-state index contributed by atoms with van der Waals surface area (Å²) >= 11 is 0. The van der Waals surface area contributed by atoms with E-state index in [1.54, 1.807) is 22.3 Å². The van der Waals surface area contributed by atoms with E-state index in [9.17, 15) is 0 Å². The Labute approximate surface area is 171 Å². The summed E-state index contributed by atoms with van der Waals surface area (Å²) < 4.78 is 0. The van der Waals surface area contributed by atoms with Crippen LogP contribution < -0.4 is 0 Å². The van der Waals surface area contributed by atoms with E-state index >= 15 is 0 Å². The number of benzene rings is 2. The molecule has 0 bridgehead atoms. The van der Waals surface area contributed by atoms with Crippen LogP contribution in [-0.2, 0) is 0 Å². The van der Waals surface area contributed by atoms with Crippen molar-refractivity contribution in [3.8, 4) is 0 Å². The molecule has 28 heavy (non-hydrogen) atoms. The Kier molecular flexibility index (Phi) is 4.62. The van der Waals surface area contributed by atoms with Gasteiger partial charge >= 0.3 is 0 Å². The molecule has 0 heterocycles. The Balaban J connectivity index is 1.94. The maximum absolute atomic E-state index is 2.62. The van der Waals surface area contributed by atoms with Crippen LogP contribution in [-0.4, -0.2) is 8.07 Å². The Morgan fingerprint density at radius 1 is 0.607 bits per heavy atom. The van der Waals surface area contributed by atoms with E-state index in [2.05, 4.69) is 102 Å². The van der Waals surface area contributed by atoms with Gasteiger partial charge in [0.2, 0.25) is 0 Å². The molecule has 2 aliphatic rings. The fourth-order valence-electron chi connectivity index (χ4n) is 6.01. The maximum atomic E-state index is 2.62. The molecule has 2 aromatic carbocycles. The first kappa shape index (κ1) is 19.2. The monoisotopic (exact) mass is 384 g/mol. The normalized spacial score (nSPS) is 20.5. The molecule has 1 unspecified atom stereocenters. The summed E-state index contributed by atoms with van der Waals surface area (Å²) in [7, 11) is -1.76. The number of hydrogen-bond donors (Lipinski definition) is 0. The number of fused-ring (bicyclic) bond motifs is 1. The van der Waals surface area contributed by atoms with Gasteiger partial charge in [-0.3, -0.25) is 0 Å². The highest BCUT2D eigenvalue weighted by Crippen LogP contribution is 2.58. The highest BCUT2D eigenvalue weighted by molar-refractivity contribution is 6.83. The first-order valence-corrected chi connectivity index (χ1v) is 13.6. The lowest BCUT2D eigenvalue weighted by atomic mass is 10.0. The van der Waals surface area contributed by atoms with Gasteiger partial charge in [-0.25, -0.2) is 0 Å². The second-order valence-electron chi connectivity index (χ2n) is 9.30. The van der Waals surface area contributed by atoms with E-state index in [0.717, 1.165) is 0 Å². The van der Waals surface area contributed by atoms with Gasteiger partial charge in [-0.2, -0.15) is 0 Å². The van der Waals surface area contributed by atoms with Crippen LogP contribution in [0.5, 0.6) is 0 Å². The van der Waals surface area contributed by atoms with Crippen LogP contribution in [0.2, 0.25) is 18.6 Å². The molecule has 2 aliphatic carbocycles. The van der Waals surface area contributed by atoms with Crippen molar-refractivity contribution in [1.29, 1.82) is 0 Å². The Hall–Kier alpha value is -2.12. The summed E-state index contributed by atoms with van der Waals surface area (Å²) in [6.45, 7) is 17.0. The van der Waals surface area contributed by atoms with Gasteiger partial charge < -0.3 is 0 Å². The molecule has 4 rings (SSSR count). The molecule has 0 spiro atoms. The zero-order valence-electron chi connectivity index (χ0n) is 18.4. The van der Waals surface area contributed by atoms with Gasteiger partial charge in [-0.05, 0) is 79.1 Å². The molecule has 0 radical (unpaired) electrons. The van der Waals surface area contributed by atoms with Gasteiger partial charge in [0.25, 0.3) is 0 Å². The molecule has 2 aromatic rings. The summed E-state index contributed by atoms with van der Waals surface area (Å²) in [5, 5.41) is 0. The molecule has 0 saturated carbocycles. The number of hydrogen-bond acceptors (Lipinski definition) is 0. The third kappa shape index (κ3) is 2.63. The smallest absolute Gasteiger partial charge is 0.0679 e. The standard InChI is InChI=1S/C27H32Si/c1-17-18(2)20(4)26(19(17)3)28(6,7)27-24-16-12-11-15-23(24)21(5)25(27)22-13-9-8-10-14-22/h8-16,26-27H,1-7H3. The Morgan fingerprint density at radius 3 is 1.75 bits per heavy atom. The van der Waals surface area contributed by atoms with Crippen molar-refractivity contribution in [2.75, 3.05) is 0 Å². The average Bonchev–Trinajstić information content (AvgIpc) is 3.10. The van der Waals surface area contributed by atoms with Crippen molar-refractivity contribution < 1.29 is 0 Å². The van der Waals surface area contributed by atoms with Crippen molar-refractivity contribution in [3.63, 3.8) is 0 Å². The fourth-order valence-corrected chi connectivity index (χ4v) is 11.2.